The number of ether oxygens (including phenoxy) is 2. The minimum Gasteiger partial charge on any atom is -0.487 e. The van der Waals surface area contributed by atoms with E-state index in [9.17, 15) is 13.6 Å². The van der Waals surface area contributed by atoms with Gasteiger partial charge in [-0.1, -0.05) is 12.1 Å². The fraction of sp³-hybridized carbons (Fsp3) is 0.462. The second kappa shape index (κ2) is 5.80. The third kappa shape index (κ3) is 4.69. The van der Waals surface area contributed by atoms with Crippen LogP contribution in [0.3, 0.4) is 0 Å². The van der Waals surface area contributed by atoms with E-state index in [4.69, 9.17) is 9.47 Å². The van der Waals surface area contributed by atoms with Crippen molar-refractivity contribution < 1.29 is 23.0 Å². The van der Waals surface area contributed by atoms with Crippen molar-refractivity contribution in [1.82, 2.24) is 0 Å². The molecule has 0 spiro atoms. The zero-order valence-corrected chi connectivity index (χ0v) is 10.6. The Morgan fingerprint density at radius 2 is 1.89 bits per heavy atom. The molecule has 0 saturated heterocycles. The molecule has 0 atom stereocenters. The molecule has 1 aromatic rings. The number of hydrogen-bond acceptors (Lipinski definition) is 3. The third-order valence-electron chi connectivity index (χ3n) is 1.87. The van der Waals surface area contributed by atoms with Crippen LogP contribution in [0.5, 0.6) is 5.75 Å². The van der Waals surface area contributed by atoms with Crippen molar-refractivity contribution in [3.63, 3.8) is 0 Å². The first-order valence-corrected chi connectivity index (χ1v) is 5.53. The molecule has 0 N–H and O–H groups in total. The number of carbonyl (C=O) groups excluding carboxylic acids is 1. The van der Waals surface area contributed by atoms with Gasteiger partial charge >= 0.3 is 5.97 Å². The molecule has 0 aliphatic heterocycles. The highest BCUT2D eigenvalue weighted by Gasteiger charge is 2.21. The van der Waals surface area contributed by atoms with Crippen LogP contribution in [0.4, 0.5) is 8.78 Å². The molecular formula is C13H16F2O3. The Morgan fingerprint density at radius 3 is 2.44 bits per heavy atom. The molecule has 1 rings (SSSR count). The van der Waals surface area contributed by atoms with Crippen molar-refractivity contribution in [3.8, 4) is 5.75 Å². The van der Waals surface area contributed by atoms with E-state index in [0.29, 0.717) is 0 Å². The Hall–Kier alpha value is -1.65. The van der Waals surface area contributed by atoms with E-state index in [1.165, 1.54) is 12.1 Å². The van der Waals surface area contributed by atoms with Gasteiger partial charge in [0.1, 0.15) is 23.5 Å². The molecule has 0 radical (unpaired) electrons. The summed E-state index contributed by atoms with van der Waals surface area (Å²) in [6.45, 7) is 4.44. The lowest BCUT2D eigenvalue weighted by Gasteiger charge is -2.20. The SMILES string of the molecule is CC(C)(C)OC(=O)c1ccccc1OCC(F)F. The summed E-state index contributed by atoms with van der Waals surface area (Å²) < 4.78 is 34.2. The quantitative estimate of drug-likeness (QED) is 0.777. The molecule has 0 saturated carbocycles. The zero-order chi connectivity index (χ0) is 13.8. The summed E-state index contributed by atoms with van der Waals surface area (Å²) in [5.74, 6) is -0.487. The van der Waals surface area contributed by atoms with Crippen LogP contribution >= 0.6 is 0 Å². The fourth-order valence-corrected chi connectivity index (χ4v) is 1.25. The normalized spacial score (nSPS) is 11.4. The molecule has 0 amide bonds. The van der Waals surface area contributed by atoms with Gasteiger partial charge in [0, 0.05) is 0 Å². The van der Waals surface area contributed by atoms with E-state index < -0.39 is 24.6 Å². The van der Waals surface area contributed by atoms with Gasteiger partial charge in [-0.2, -0.15) is 0 Å². The van der Waals surface area contributed by atoms with Crippen LogP contribution < -0.4 is 4.74 Å². The van der Waals surface area contributed by atoms with Crippen LogP contribution in [0.2, 0.25) is 0 Å². The Bertz CT molecular complexity index is 411. The van der Waals surface area contributed by atoms with Gasteiger partial charge in [0.25, 0.3) is 6.43 Å². The molecule has 0 bridgehead atoms. The maximum Gasteiger partial charge on any atom is 0.342 e. The summed E-state index contributed by atoms with van der Waals surface area (Å²) in [5.41, 5.74) is -0.500. The topological polar surface area (TPSA) is 35.5 Å². The molecule has 100 valence electrons. The molecule has 18 heavy (non-hydrogen) atoms. The lowest BCUT2D eigenvalue weighted by Crippen LogP contribution is -2.24. The third-order valence-corrected chi connectivity index (χ3v) is 1.87. The van der Waals surface area contributed by atoms with Crippen molar-refractivity contribution in [1.29, 1.82) is 0 Å². The highest BCUT2D eigenvalue weighted by molar-refractivity contribution is 5.92. The van der Waals surface area contributed by atoms with Crippen LogP contribution in [0.15, 0.2) is 24.3 Å². The van der Waals surface area contributed by atoms with Gasteiger partial charge in [0.15, 0.2) is 0 Å². The molecule has 1 aromatic carbocycles. The van der Waals surface area contributed by atoms with E-state index in [-0.39, 0.29) is 11.3 Å². The first-order chi connectivity index (χ1) is 8.29. The molecule has 0 heterocycles. The highest BCUT2D eigenvalue weighted by Crippen LogP contribution is 2.22. The number of para-hydroxylation sites is 1. The average Bonchev–Trinajstić information content (AvgIpc) is 2.24. The maximum absolute atomic E-state index is 12.1. The van der Waals surface area contributed by atoms with E-state index >= 15 is 0 Å². The number of benzene rings is 1. The van der Waals surface area contributed by atoms with E-state index in [0.717, 1.165) is 0 Å². The standard InChI is InChI=1S/C13H16F2O3/c1-13(2,3)18-12(16)9-6-4-5-7-10(9)17-8-11(14)15/h4-7,11H,8H2,1-3H3. The minimum atomic E-state index is -2.59. The van der Waals surface area contributed by atoms with E-state index in [2.05, 4.69) is 0 Å². The molecule has 3 nitrogen and oxygen atoms in total. The van der Waals surface area contributed by atoms with E-state index in [1.807, 2.05) is 0 Å². The Balaban J connectivity index is 2.84. The number of carbonyl (C=O) groups is 1. The molecule has 5 heteroatoms. The van der Waals surface area contributed by atoms with Crippen LogP contribution in [-0.4, -0.2) is 24.6 Å². The highest BCUT2D eigenvalue weighted by atomic mass is 19.3. The number of esters is 1. The van der Waals surface area contributed by atoms with Gasteiger partial charge in [0.2, 0.25) is 0 Å². The first kappa shape index (κ1) is 14.4. The minimum absolute atomic E-state index is 0.104. The van der Waals surface area contributed by atoms with Crippen molar-refractivity contribution in [2.24, 2.45) is 0 Å². The summed E-state index contributed by atoms with van der Waals surface area (Å²) in [5, 5.41) is 0. The van der Waals surface area contributed by atoms with Crippen molar-refractivity contribution in [2.45, 2.75) is 32.8 Å². The monoisotopic (exact) mass is 258 g/mol. The molecule has 0 aromatic heterocycles. The summed E-state index contributed by atoms with van der Waals surface area (Å²) in [4.78, 5) is 11.8. The van der Waals surface area contributed by atoms with Crippen molar-refractivity contribution >= 4 is 5.97 Å². The number of hydrogen-bond donors (Lipinski definition) is 0. The van der Waals surface area contributed by atoms with Crippen molar-refractivity contribution in [2.75, 3.05) is 6.61 Å². The van der Waals surface area contributed by atoms with Crippen molar-refractivity contribution in [3.05, 3.63) is 29.8 Å². The molecule has 0 unspecified atom stereocenters. The number of halogens is 2. The summed E-state index contributed by atoms with van der Waals surface area (Å²) >= 11 is 0. The average molecular weight is 258 g/mol. The van der Waals surface area contributed by atoms with Gasteiger partial charge in [0.05, 0.1) is 0 Å². The lowest BCUT2D eigenvalue weighted by atomic mass is 10.1. The van der Waals surface area contributed by atoms with Crippen LogP contribution in [0.1, 0.15) is 31.1 Å². The van der Waals surface area contributed by atoms with Gasteiger partial charge in [-0.25, -0.2) is 13.6 Å². The van der Waals surface area contributed by atoms with Gasteiger partial charge in [-0.3, -0.25) is 0 Å². The Kier molecular flexibility index (Phi) is 4.64. The van der Waals surface area contributed by atoms with Crippen LogP contribution in [0.25, 0.3) is 0 Å². The smallest absolute Gasteiger partial charge is 0.342 e. The predicted molar refractivity (Wildman–Crippen MR) is 63.1 cm³/mol. The molecule has 0 fully saturated rings. The zero-order valence-electron chi connectivity index (χ0n) is 10.6. The second-order valence-electron chi connectivity index (χ2n) is 4.70. The Labute approximate surface area is 105 Å². The van der Waals surface area contributed by atoms with E-state index in [1.54, 1.807) is 32.9 Å². The van der Waals surface area contributed by atoms with Crippen LogP contribution in [0, 0.1) is 0 Å². The predicted octanol–water partition coefficient (Wildman–Crippen LogP) is 3.29. The maximum atomic E-state index is 12.1. The Morgan fingerprint density at radius 1 is 1.28 bits per heavy atom. The molecule has 0 aliphatic rings. The lowest BCUT2D eigenvalue weighted by molar-refractivity contribution is 0.00616. The summed E-state index contributed by atoms with van der Waals surface area (Å²) in [7, 11) is 0. The second-order valence-corrected chi connectivity index (χ2v) is 4.70. The van der Waals surface area contributed by atoms with Gasteiger partial charge in [-0.15, -0.1) is 0 Å². The first-order valence-electron chi connectivity index (χ1n) is 5.53. The molecular weight excluding hydrogens is 242 g/mol. The van der Waals surface area contributed by atoms with Crippen LogP contribution in [-0.2, 0) is 4.74 Å². The number of alkyl halides is 2. The summed E-state index contributed by atoms with van der Waals surface area (Å²) in [6.07, 6.45) is -2.59. The van der Waals surface area contributed by atoms with Gasteiger partial charge in [-0.05, 0) is 32.9 Å². The van der Waals surface area contributed by atoms with Gasteiger partial charge < -0.3 is 9.47 Å². The number of rotatable bonds is 4. The fourth-order valence-electron chi connectivity index (χ4n) is 1.25. The molecule has 0 aliphatic carbocycles. The largest absolute Gasteiger partial charge is 0.487 e. The summed E-state index contributed by atoms with van der Waals surface area (Å²) in [6, 6.07) is 6.17.